The van der Waals surface area contributed by atoms with Crippen molar-refractivity contribution in [2.45, 2.75) is 58.8 Å². The molecule has 1 rings (SSSR count). The largest absolute Gasteiger partial charge is 0.481 e. The zero-order valence-electron chi connectivity index (χ0n) is 12.2. The van der Waals surface area contributed by atoms with Crippen molar-refractivity contribution in [2.75, 3.05) is 13.1 Å². The first-order valence-corrected chi connectivity index (χ1v) is 7.50. The van der Waals surface area contributed by atoms with E-state index in [1.54, 1.807) is 0 Å². The maximum atomic E-state index is 12.0. The maximum absolute atomic E-state index is 12.0. The molecule has 4 heteroatoms. The van der Waals surface area contributed by atoms with E-state index in [2.05, 4.69) is 13.8 Å². The topological polar surface area (TPSA) is 57.6 Å². The van der Waals surface area contributed by atoms with E-state index < -0.39 is 5.97 Å². The van der Waals surface area contributed by atoms with E-state index in [-0.39, 0.29) is 12.3 Å². The van der Waals surface area contributed by atoms with Crippen LogP contribution in [-0.4, -0.2) is 35.0 Å². The fourth-order valence-electron chi connectivity index (χ4n) is 2.72. The lowest BCUT2D eigenvalue weighted by atomic mass is 9.89. The first kappa shape index (κ1) is 16.0. The van der Waals surface area contributed by atoms with E-state index in [1.165, 1.54) is 0 Å². The zero-order chi connectivity index (χ0) is 14.3. The molecule has 0 aromatic heterocycles. The van der Waals surface area contributed by atoms with Crippen molar-refractivity contribution < 1.29 is 14.7 Å². The molecule has 1 aliphatic heterocycles. The van der Waals surface area contributed by atoms with Crippen molar-refractivity contribution in [3.05, 3.63) is 0 Å². The van der Waals surface area contributed by atoms with Crippen molar-refractivity contribution >= 4 is 11.9 Å². The molecule has 1 saturated heterocycles. The van der Waals surface area contributed by atoms with Gasteiger partial charge in [0.25, 0.3) is 0 Å². The normalized spacial score (nSPS) is 20.7. The summed E-state index contributed by atoms with van der Waals surface area (Å²) in [7, 11) is 0. The van der Waals surface area contributed by atoms with Gasteiger partial charge < -0.3 is 10.0 Å². The van der Waals surface area contributed by atoms with E-state index in [1.807, 2.05) is 4.90 Å². The molecule has 4 nitrogen and oxygen atoms in total. The Labute approximate surface area is 116 Å². The molecule has 0 radical (unpaired) electrons. The van der Waals surface area contributed by atoms with Crippen LogP contribution in [0.4, 0.5) is 0 Å². The van der Waals surface area contributed by atoms with Crippen molar-refractivity contribution in [3.8, 4) is 0 Å². The third-order valence-electron chi connectivity index (χ3n) is 4.11. The highest BCUT2D eigenvalue weighted by molar-refractivity contribution is 5.76. The number of amides is 1. The van der Waals surface area contributed by atoms with Gasteiger partial charge >= 0.3 is 5.97 Å². The lowest BCUT2D eigenvalue weighted by molar-refractivity contribution is -0.137. The Hall–Kier alpha value is -1.06. The van der Waals surface area contributed by atoms with E-state index in [4.69, 9.17) is 5.11 Å². The van der Waals surface area contributed by atoms with E-state index in [0.717, 1.165) is 38.8 Å². The molecule has 1 amide bonds. The summed E-state index contributed by atoms with van der Waals surface area (Å²) in [4.78, 5) is 24.4. The van der Waals surface area contributed by atoms with Crippen LogP contribution in [0.15, 0.2) is 0 Å². The molecule has 19 heavy (non-hydrogen) atoms. The monoisotopic (exact) mass is 269 g/mol. The number of carbonyl (C=O) groups is 2. The average Bonchev–Trinajstić information content (AvgIpc) is 2.51. The minimum Gasteiger partial charge on any atom is -0.481 e. The van der Waals surface area contributed by atoms with Gasteiger partial charge in [-0.05, 0) is 37.5 Å². The summed E-state index contributed by atoms with van der Waals surface area (Å²) >= 11 is 0. The number of nitrogens with zero attached hydrogens (tertiary/aromatic N) is 1. The molecule has 0 bridgehead atoms. The smallest absolute Gasteiger partial charge is 0.303 e. The number of unbranched alkanes of at least 4 members (excludes halogenated alkanes) is 2. The van der Waals surface area contributed by atoms with Gasteiger partial charge in [-0.25, -0.2) is 0 Å². The predicted molar refractivity (Wildman–Crippen MR) is 74.9 cm³/mol. The summed E-state index contributed by atoms with van der Waals surface area (Å²) in [6.45, 7) is 6.14. The van der Waals surface area contributed by atoms with Gasteiger partial charge in [-0.3, -0.25) is 9.59 Å². The van der Waals surface area contributed by atoms with Gasteiger partial charge in [0.05, 0.1) is 0 Å². The fourth-order valence-corrected chi connectivity index (χ4v) is 2.72. The molecule has 0 aliphatic carbocycles. The fraction of sp³-hybridized carbons (Fsp3) is 0.867. The molecule has 1 heterocycles. The Bertz CT molecular complexity index is 302. The summed E-state index contributed by atoms with van der Waals surface area (Å²) in [5.74, 6) is 0.872. The molecular weight excluding hydrogens is 242 g/mol. The molecule has 1 N–H and O–H groups in total. The van der Waals surface area contributed by atoms with Gasteiger partial charge in [0.1, 0.15) is 0 Å². The summed E-state index contributed by atoms with van der Waals surface area (Å²) in [5, 5.41) is 8.56. The third-order valence-corrected chi connectivity index (χ3v) is 4.11. The van der Waals surface area contributed by atoms with Crippen molar-refractivity contribution in [2.24, 2.45) is 11.8 Å². The zero-order valence-corrected chi connectivity index (χ0v) is 12.2. The Morgan fingerprint density at radius 2 is 2.05 bits per heavy atom. The van der Waals surface area contributed by atoms with Crippen LogP contribution in [0.5, 0.6) is 0 Å². The minimum atomic E-state index is -0.731. The summed E-state index contributed by atoms with van der Waals surface area (Å²) in [5.41, 5.74) is 0. The van der Waals surface area contributed by atoms with Crippen LogP contribution in [-0.2, 0) is 9.59 Å². The van der Waals surface area contributed by atoms with Crippen molar-refractivity contribution in [1.29, 1.82) is 0 Å². The number of likely N-dealkylation sites (tertiary alicyclic amines) is 1. The van der Waals surface area contributed by atoms with Gasteiger partial charge in [0.2, 0.25) is 5.91 Å². The van der Waals surface area contributed by atoms with E-state index in [0.29, 0.717) is 24.7 Å². The SMILES string of the molecule is CC(C)C1CCC(=O)N(CCCCCC(=O)O)CC1. The molecular formula is C15H27NO3. The van der Waals surface area contributed by atoms with E-state index >= 15 is 0 Å². The van der Waals surface area contributed by atoms with Gasteiger partial charge in [-0.15, -0.1) is 0 Å². The van der Waals surface area contributed by atoms with Gasteiger partial charge in [-0.2, -0.15) is 0 Å². The van der Waals surface area contributed by atoms with Crippen molar-refractivity contribution in [1.82, 2.24) is 4.90 Å². The number of hydrogen-bond donors (Lipinski definition) is 1. The highest BCUT2D eigenvalue weighted by Crippen LogP contribution is 2.25. The lowest BCUT2D eigenvalue weighted by Gasteiger charge is -2.21. The second kappa shape index (κ2) is 8.18. The molecule has 1 atom stereocenters. The van der Waals surface area contributed by atoms with Crippen LogP contribution >= 0.6 is 0 Å². The predicted octanol–water partition coefficient (Wildman–Crippen LogP) is 2.92. The van der Waals surface area contributed by atoms with Crippen LogP contribution in [0.3, 0.4) is 0 Å². The number of rotatable bonds is 7. The van der Waals surface area contributed by atoms with Gasteiger partial charge in [0.15, 0.2) is 0 Å². The molecule has 1 fully saturated rings. The number of carboxylic acid groups (broad SMARTS) is 1. The van der Waals surface area contributed by atoms with E-state index in [9.17, 15) is 9.59 Å². The van der Waals surface area contributed by atoms with Crippen LogP contribution in [0, 0.1) is 11.8 Å². The maximum Gasteiger partial charge on any atom is 0.303 e. The minimum absolute atomic E-state index is 0.239. The van der Waals surface area contributed by atoms with Gasteiger partial charge in [0, 0.05) is 25.9 Å². The summed E-state index contributed by atoms with van der Waals surface area (Å²) in [6, 6.07) is 0. The second-order valence-corrected chi connectivity index (χ2v) is 5.92. The van der Waals surface area contributed by atoms with Crippen LogP contribution in [0.2, 0.25) is 0 Å². The number of aliphatic carboxylic acids is 1. The Morgan fingerprint density at radius 1 is 1.32 bits per heavy atom. The number of carboxylic acids is 1. The lowest BCUT2D eigenvalue weighted by Crippen LogP contribution is -2.31. The van der Waals surface area contributed by atoms with Crippen LogP contribution in [0.1, 0.15) is 58.8 Å². The molecule has 110 valence electrons. The second-order valence-electron chi connectivity index (χ2n) is 5.92. The quantitative estimate of drug-likeness (QED) is 0.723. The Balaban J connectivity index is 2.25. The first-order chi connectivity index (χ1) is 9.00. The van der Waals surface area contributed by atoms with Crippen LogP contribution < -0.4 is 0 Å². The van der Waals surface area contributed by atoms with Gasteiger partial charge in [-0.1, -0.05) is 20.3 Å². The van der Waals surface area contributed by atoms with Crippen molar-refractivity contribution in [3.63, 3.8) is 0 Å². The molecule has 0 aromatic carbocycles. The number of hydrogen-bond acceptors (Lipinski definition) is 2. The first-order valence-electron chi connectivity index (χ1n) is 7.50. The third kappa shape index (κ3) is 6.08. The Kier molecular flexibility index (Phi) is 6.89. The molecule has 1 aliphatic rings. The summed E-state index contributed by atoms with van der Waals surface area (Å²) < 4.78 is 0. The molecule has 0 aromatic rings. The Morgan fingerprint density at radius 3 is 2.68 bits per heavy atom. The molecule has 1 unspecified atom stereocenters. The molecule has 0 saturated carbocycles. The number of carbonyl (C=O) groups excluding carboxylic acids is 1. The highest BCUT2D eigenvalue weighted by atomic mass is 16.4. The van der Waals surface area contributed by atoms with Crippen LogP contribution in [0.25, 0.3) is 0 Å². The molecule has 0 spiro atoms. The highest BCUT2D eigenvalue weighted by Gasteiger charge is 2.23. The standard InChI is InChI=1S/C15H27NO3/c1-12(2)13-7-8-14(17)16(11-9-13)10-5-3-4-6-15(18)19/h12-13H,3-11H2,1-2H3,(H,18,19). The summed E-state index contributed by atoms with van der Waals surface area (Å²) in [6.07, 6.45) is 5.58. The average molecular weight is 269 g/mol.